The minimum absolute atomic E-state index is 0.165. The van der Waals surface area contributed by atoms with Gasteiger partial charge in [0.15, 0.2) is 0 Å². The molecular formula is C24H20FN3O6S. The molecule has 0 aliphatic carbocycles. The third kappa shape index (κ3) is 4.66. The molecule has 9 nitrogen and oxygen atoms in total. The molecule has 35 heavy (non-hydrogen) atoms. The van der Waals surface area contributed by atoms with E-state index in [1.54, 1.807) is 18.2 Å². The van der Waals surface area contributed by atoms with Crippen molar-refractivity contribution in [2.45, 2.75) is 9.79 Å². The average molecular weight is 498 g/mol. The fourth-order valence-corrected chi connectivity index (χ4v) is 4.82. The van der Waals surface area contributed by atoms with Crippen LogP contribution in [-0.4, -0.2) is 37.6 Å². The summed E-state index contributed by atoms with van der Waals surface area (Å²) < 4.78 is 50.6. The summed E-state index contributed by atoms with van der Waals surface area (Å²) in [6.45, 7) is 0. The van der Waals surface area contributed by atoms with Gasteiger partial charge in [-0.1, -0.05) is 6.07 Å². The third-order valence-corrected chi connectivity index (χ3v) is 6.92. The van der Waals surface area contributed by atoms with Gasteiger partial charge in [-0.15, -0.1) is 0 Å². The second-order valence-electron chi connectivity index (χ2n) is 7.30. The summed E-state index contributed by atoms with van der Waals surface area (Å²) in [7, 11) is -1.46. The van der Waals surface area contributed by atoms with Crippen molar-refractivity contribution >= 4 is 21.2 Å². The van der Waals surface area contributed by atoms with Gasteiger partial charge in [-0.2, -0.15) is 9.12 Å². The lowest BCUT2D eigenvalue weighted by Crippen LogP contribution is -2.24. The number of benzene rings is 2. The third-order valence-electron chi connectivity index (χ3n) is 5.15. The Labute approximate surface area is 199 Å². The lowest BCUT2D eigenvalue weighted by molar-refractivity contribution is 0.172. The maximum atomic E-state index is 13.3. The van der Waals surface area contributed by atoms with Crippen LogP contribution in [0.5, 0.6) is 11.5 Å². The van der Waals surface area contributed by atoms with Crippen LogP contribution < -0.4 is 20.3 Å². The molecule has 0 fully saturated rings. The molecule has 180 valence electrons. The number of hydrogen-bond acceptors (Lipinski definition) is 8. The van der Waals surface area contributed by atoms with Crippen LogP contribution in [0.3, 0.4) is 0 Å². The van der Waals surface area contributed by atoms with Crippen LogP contribution in [0.1, 0.15) is 0 Å². The maximum Gasteiger partial charge on any atom is 0.302 e. The second-order valence-corrected chi connectivity index (χ2v) is 9.22. The summed E-state index contributed by atoms with van der Waals surface area (Å²) in [5, 5.41) is 13.2. The Morgan fingerprint density at radius 1 is 0.971 bits per heavy atom. The van der Waals surface area contributed by atoms with Gasteiger partial charge in [0.25, 0.3) is 0 Å². The van der Waals surface area contributed by atoms with Crippen molar-refractivity contribution in [3.05, 3.63) is 89.4 Å². The summed E-state index contributed by atoms with van der Waals surface area (Å²) in [4.78, 5) is 15.4. The molecule has 0 aliphatic heterocycles. The standard InChI is InChI=1S/C24H20FN3O6S/c1-33-19-4-3-5-20(34-2)23(19)15-12-21(24(29)28(30)14-15)35(31,32)18-9-6-16(7-10-18)27-17-8-11-22(25)26-13-17/h3-14,27,30H,1-2H3. The predicted octanol–water partition coefficient (Wildman–Crippen LogP) is 3.88. The van der Waals surface area contributed by atoms with Gasteiger partial charge in [0.05, 0.1) is 42.8 Å². The number of ether oxygens (including phenoxy) is 2. The molecule has 0 atom stereocenters. The van der Waals surface area contributed by atoms with Crippen LogP contribution in [0.2, 0.25) is 0 Å². The van der Waals surface area contributed by atoms with E-state index in [0.717, 1.165) is 6.20 Å². The van der Waals surface area contributed by atoms with Gasteiger partial charge in [0.2, 0.25) is 15.8 Å². The maximum absolute atomic E-state index is 13.3. The normalized spacial score (nSPS) is 11.2. The number of sulfone groups is 1. The van der Waals surface area contributed by atoms with Crippen molar-refractivity contribution in [2.24, 2.45) is 0 Å². The van der Waals surface area contributed by atoms with Crippen LogP contribution in [0.25, 0.3) is 11.1 Å². The van der Waals surface area contributed by atoms with E-state index in [2.05, 4.69) is 10.3 Å². The first kappa shape index (κ1) is 23.8. The van der Waals surface area contributed by atoms with Crippen LogP contribution in [0.4, 0.5) is 15.8 Å². The minimum Gasteiger partial charge on any atom is -0.496 e. The van der Waals surface area contributed by atoms with Gasteiger partial charge in [-0.05, 0) is 54.6 Å². The molecule has 0 bridgehead atoms. The van der Waals surface area contributed by atoms with E-state index in [1.807, 2.05) is 0 Å². The van der Waals surface area contributed by atoms with Gasteiger partial charge < -0.3 is 20.0 Å². The summed E-state index contributed by atoms with van der Waals surface area (Å²) >= 11 is 0. The van der Waals surface area contributed by atoms with Gasteiger partial charge >= 0.3 is 5.56 Å². The van der Waals surface area contributed by atoms with Crippen molar-refractivity contribution in [1.82, 2.24) is 9.71 Å². The zero-order valence-electron chi connectivity index (χ0n) is 18.6. The quantitative estimate of drug-likeness (QED) is 0.292. The van der Waals surface area contributed by atoms with E-state index in [4.69, 9.17) is 9.47 Å². The number of methoxy groups -OCH3 is 2. The minimum atomic E-state index is -4.32. The Morgan fingerprint density at radius 2 is 1.60 bits per heavy atom. The van der Waals surface area contributed by atoms with Crippen molar-refractivity contribution in [2.75, 3.05) is 19.5 Å². The summed E-state index contributed by atoms with van der Waals surface area (Å²) in [5.74, 6) is 0.0913. The van der Waals surface area contributed by atoms with Crippen LogP contribution in [0, 0.1) is 5.95 Å². The fraction of sp³-hybridized carbons (Fsp3) is 0.0833. The lowest BCUT2D eigenvalue weighted by atomic mass is 10.1. The van der Waals surface area contributed by atoms with E-state index in [0.29, 0.717) is 28.4 Å². The van der Waals surface area contributed by atoms with Gasteiger partial charge in [0, 0.05) is 11.3 Å². The first-order valence-electron chi connectivity index (χ1n) is 10.2. The smallest absolute Gasteiger partial charge is 0.302 e. The first-order chi connectivity index (χ1) is 16.7. The molecule has 0 amide bonds. The zero-order valence-corrected chi connectivity index (χ0v) is 19.4. The fourth-order valence-electron chi connectivity index (χ4n) is 3.47. The highest BCUT2D eigenvalue weighted by Crippen LogP contribution is 2.38. The predicted molar refractivity (Wildman–Crippen MR) is 126 cm³/mol. The molecular weight excluding hydrogens is 477 g/mol. The Morgan fingerprint density at radius 3 is 2.17 bits per heavy atom. The highest BCUT2D eigenvalue weighted by Gasteiger charge is 2.25. The number of pyridine rings is 2. The number of halogens is 1. The molecule has 2 N–H and O–H groups in total. The highest BCUT2D eigenvalue weighted by molar-refractivity contribution is 7.91. The summed E-state index contributed by atoms with van der Waals surface area (Å²) in [6.07, 6.45) is 2.38. The molecule has 2 aromatic carbocycles. The second kappa shape index (κ2) is 9.47. The molecule has 0 aliphatic rings. The average Bonchev–Trinajstić information content (AvgIpc) is 2.86. The Balaban J connectivity index is 1.75. The molecule has 4 aromatic rings. The monoisotopic (exact) mass is 497 g/mol. The van der Waals surface area contributed by atoms with E-state index in [9.17, 15) is 22.8 Å². The lowest BCUT2D eigenvalue weighted by Gasteiger charge is -2.15. The Hall–Kier alpha value is -4.38. The van der Waals surface area contributed by atoms with E-state index >= 15 is 0 Å². The Kier molecular flexibility index (Phi) is 6.43. The molecule has 0 radical (unpaired) electrons. The van der Waals surface area contributed by atoms with E-state index in [-0.39, 0.29) is 15.2 Å². The van der Waals surface area contributed by atoms with Crippen molar-refractivity contribution in [1.29, 1.82) is 0 Å². The Bertz CT molecular complexity index is 1510. The molecule has 4 rings (SSSR count). The number of hydrogen-bond donors (Lipinski definition) is 2. The summed E-state index contributed by atoms with van der Waals surface area (Å²) in [5.41, 5.74) is 0.474. The van der Waals surface area contributed by atoms with E-state index in [1.165, 1.54) is 62.9 Å². The molecule has 0 saturated heterocycles. The molecule has 11 heteroatoms. The van der Waals surface area contributed by atoms with Gasteiger partial charge in [0.1, 0.15) is 16.4 Å². The van der Waals surface area contributed by atoms with Crippen LogP contribution in [-0.2, 0) is 9.84 Å². The molecule has 0 spiro atoms. The van der Waals surface area contributed by atoms with Gasteiger partial charge in [-0.3, -0.25) is 4.79 Å². The highest BCUT2D eigenvalue weighted by atomic mass is 32.2. The topological polar surface area (TPSA) is 120 Å². The molecule has 0 unspecified atom stereocenters. The number of anilines is 2. The van der Waals surface area contributed by atoms with Crippen LogP contribution >= 0.6 is 0 Å². The number of nitrogens with zero attached hydrogens (tertiary/aromatic N) is 2. The SMILES string of the molecule is COc1cccc(OC)c1-c1cc(S(=O)(=O)c2ccc(Nc3ccc(F)nc3)cc2)c(=O)n(O)c1. The zero-order chi connectivity index (χ0) is 25.2. The largest absolute Gasteiger partial charge is 0.496 e. The molecule has 2 heterocycles. The van der Waals surface area contributed by atoms with Crippen molar-refractivity contribution < 1.29 is 27.5 Å². The van der Waals surface area contributed by atoms with E-state index < -0.39 is 26.2 Å². The molecule has 2 aromatic heterocycles. The first-order valence-corrected chi connectivity index (χ1v) is 11.6. The van der Waals surface area contributed by atoms with Crippen molar-refractivity contribution in [3.8, 4) is 22.6 Å². The van der Waals surface area contributed by atoms with Gasteiger partial charge in [-0.25, -0.2) is 13.4 Å². The number of aromatic nitrogens is 2. The number of rotatable bonds is 7. The van der Waals surface area contributed by atoms with Crippen molar-refractivity contribution in [3.63, 3.8) is 0 Å². The summed E-state index contributed by atoms with van der Waals surface area (Å²) in [6, 6.07) is 14.4. The molecule has 0 saturated carbocycles. The number of nitrogens with one attached hydrogen (secondary N) is 1. The van der Waals surface area contributed by atoms with Crippen LogP contribution in [0.15, 0.2) is 87.6 Å².